The summed E-state index contributed by atoms with van der Waals surface area (Å²) in [5, 5.41) is 20.5. The van der Waals surface area contributed by atoms with Crippen molar-refractivity contribution in [1.29, 1.82) is 0 Å². The molecule has 2 aromatic rings. The molecule has 0 atom stereocenters. The van der Waals surface area contributed by atoms with E-state index >= 15 is 0 Å². The van der Waals surface area contributed by atoms with Gasteiger partial charge in [-0.2, -0.15) is 18.3 Å². The van der Waals surface area contributed by atoms with E-state index in [1.165, 1.54) is 17.9 Å². The molecule has 1 heterocycles. The van der Waals surface area contributed by atoms with Crippen molar-refractivity contribution in [1.82, 2.24) is 15.1 Å². The van der Waals surface area contributed by atoms with E-state index in [1.54, 1.807) is 19.1 Å². The Morgan fingerprint density at radius 1 is 1.31 bits per heavy atom. The molecular weight excluding hydrogens is 461 g/mol. The molecule has 7 nitrogen and oxygen atoms in total. The number of ether oxygens (including phenoxy) is 1. The second-order valence-electron chi connectivity index (χ2n) is 9.69. The molecule has 1 aliphatic rings. The number of nitrogens with zero attached hydrogens (tertiary/aromatic N) is 2. The smallest absolute Gasteiger partial charge is 0.420 e. The van der Waals surface area contributed by atoms with Crippen LogP contribution in [0.15, 0.2) is 18.2 Å². The third-order valence-corrected chi connectivity index (χ3v) is 6.45. The Morgan fingerprint density at radius 2 is 1.97 bits per heavy atom. The number of carbonyl (C=O) groups is 1. The number of methoxy groups -OCH3 is 1. The SMILES string of the molecule is CCn1nc(C(=O)NCC2(O)CCC(C)CC2)c(C(F)(F)F)c1-c1ccc(NC(C)C)cc1OC. The zero-order valence-electron chi connectivity index (χ0n) is 20.9. The summed E-state index contributed by atoms with van der Waals surface area (Å²) in [5.74, 6) is -0.258. The standard InChI is InChI=1S/C25H35F3N4O3/c1-6-32-22(18-8-7-17(30-15(2)3)13-19(18)35-5)20(25(26,27)28)21(31-32)23(33)29-14-24(34)11-9-16(4)10-12-24/h7-8,13,15-16,30,34H,6,9-12,14H2,1-5H3,(H,29,33). The number of nitrogens with one attached hydrogen (secondary N) is 2. The number of carbonyl (C=O) groups excluding carboxylic acids is 1. The largest absolute Gasteiger partial charge is 0.496 e. The summed E-state index contributed by atoms with van der Waals surface area (Å²) in [6, 6.07) is 4.96. The number of amides is 1. The van der Waals surface area contributed by atoms with Crippen molar-refractivity contribution in [2.75, 3.05) is 19.0 Å². The molecule has 1 aromatic carbocycles. The van der Waals surface area contributed by atoms with Crippen LogP contribution in [0, 0.1) is 5.92 Å². The average Bonchev–Trinajstić information content (AvgIpc) is 3.19. The van der Waals surface area contributed by atoms with Crippen molar-refractivity contribution < 1.29 is 27.8 Å². The third-order valence-electron chi connectivity index (χ3n) is 6.45. The molecule has 1 saturated carbocycles. The molecule has 0 saturated heterocycles. The molecule has 1 aromatic heterocycles. The van der Waals surface area contributed by atoms with Gasteiger partial charge in [-0.05, 0) is 64.5 Å². The van der Waals surface area contributed by atoms with Gasteiger partial charge in [-0.3, -0.25) is 9.48 Å². The molecule has 10 heteroatoms. The number of aryl methyl sites for hydroxylation is 1. The Balaban J connectivity index is 2.01. The molecule has 0 radical (unpaired) electrons. The molecule has 3 N–H and O–H groups in total. The van der Waals surface area contributed by atoms with Crippen molar-refractivity contribution in [3.8, 4) is 17.0 Å². The fraction of sp³-hybridized carbons (Fsp3) is 0.600. The van der Waals surface area contributed by atoms with Gasteiger partial charge in [0.25, 0.3) is 5.91 Å². The highest BCUT2D eigenvalue weighted by molar-refractivity contribution is 5.96. The molecule has 0 bridgehead atoms. The molecule has 3 rings (SSSR count). The van der Waals surface area contributed by atoms with Gasteiger partial charge < -0.3 is 20.5 Å². The van der Waals surface area contributed by atoms with E-state index in [2.05, 4.69) is 22.7 Å². The number of alkyl halides is 3. The molecule has 0 aliphatic heterocycles. The number of aliphatic hydroxyl groups is 1. The zero-order valence-corrected chi connectivity index (χ0v) is 20.9. The Morgan fingerprint density at radius 3 is 2.51 bits per heavy atom. The molecular formula is C25H35F3N4O3. The Bertz CT molecular complexity index is 1040. The van der Waals surface area contributed by atoms with Gasteiger partial charge in [0.15, 0.2) is 5.69 Å². The minimum atomic E-state index is -4.84. The van der Waals surface area contributed by atoms with Gasteiger partial charge in [-0.1, -0.05) is 6.92 Å². The van der Waals surface area contributed by atoms with Crippen LogP contribution >= 0.6 is 0 Å². The Hall–Kier alpha value is -2.75. The number of anilines is 1. The van der Waals surface area contributed by atoms with Gasteiger partial charge in [0, 0.05) is 36.4 Å². The van der Waals surface area contributed by atoms with E-state index in [0.29, 0.717) is 24.4 Å². The maximum absolute atomic E-state index is 14.4. The van der Waals surface area contributed by atoms with Gasteiger partial charge in [0.1, 0.15) is 11.3 Å². The highest BCUT2D eigenvalue weighted by atomic mass is 19.4. The van der Waals surface area contributed by atoms with E-state index in [0.717, 1.165) is 12.8 Å². The second-order valence-corrected chi connectivity index (χ2v) is 9.69. The molecule has 1 fully saturated rings. The fourth-order valence-corrected chi connectivity index (χ4v) is 4.51. The quantitative estimate of drug-likeness (QED) is 0.474. The highest BCUT2D eigenvalue weighted by Gasteiger charge is 2.43. The lowest BCUT2D eigenvalue weighted by atomic mass is 9.79. The van der Waals surface area contributed by atoms with Crippen molar-refractivity contribution in [2.24, 2.45) is 5.92 Å². The van der Waals surface area contributed by atoms with Crippen LogP contribution in [0.4, 0.5) is 18.9 Å². The molecule has 194 valence electrons. The topological polar surface area (TPSA) is 88.4 Å². The fourth-order valence-electron chi connectivity index (χ4n) is 4.51. The predicted molar refractivity (Wildman–Crippen MR) is 129 cm³/mol. The summed E-state index contributed by atoms with van der Waals surface area (Å²) in [7, 11) is 1.39. The maximum atomic E-state index is 14.4. The van der Waals surface area contributed by atoms with Gasteiger partial charge in [-0.25, -0.2) is 0 Å². The van der Waals surface area contributed by atoms with Crippen LogP contribution in [0.1, 0.15) is 69.4 Å². The van der Waals surface area contributed by atoms with Crippen LogP contribution in [0.2, 0.25) is 0 Å². The molecule has 1 amide bonds. The summed E-state index contributed by atoms with van der Waals surface area (Å²) >= 11 is 0. The van der Waals surface area contributed by atoms with Crippen molar-refractivity contribution in [3.05, 3.63) is 29.5 Å². The van der Waals surface area contributed by atoms with E-state index < -0.39 is 28.9 Å². The summed E-state index contributed by atoms with van der Waals surface area (Å²) < 4.78 is 49.7. The van der Waals surface area contributed by atoms with Crippen LogP contribution in [0.3, 0.4) is 0 Å². The van der Waals surface area contributed by atoms with Crippen molar-refractivity contribution >= 4 is 11.6 Å². The van der Waals surface area contributed by atoms with Gasteiger partial charge in [0.2, 0.25) is 0 Å². The number of hydrogen-bond donors (Lipinski definition) is 3. The predicted octanol–water partition coefficient (Wildman–Crippen LogP) is 5.09. The van der Waals surface area contributed by atoms with Crippen LogP contribution in [0.5, 0.6) is 5.75 Å². The van der Waals surface area contributed by atoms with Gasteiger partial charge >= 0.3 is 6.18 Å². The first-order chi connectivity index (χ1) is 16.4. The third kappa shape index (κ3) is 6.09. The van der Waals surface area contributed by atoms with Crippen LogP contribution in [-0.4, -0.2) is 46.1 Å². The van der Waals surface area contributed by atoms with Crippen LogP contribution in [0.25, 0.3) is 11.3 Å². The molecule has 1 aliphatic carbocycles. The lowest BCUT2D eigenvalue weighted by molar-refractivity contribution is -0.137. The minimum absolute atomic E-state index is 0.114. The minimum Gasteiger partial charge on any atom is -0.496 e. The van der Waals surface area contributed by atoms with Gasteiger partial charge in [0.05, 0.1) is 18.4 Å². The number of benzene rings is 1. The Kier molecular flexibility index (Phi) is 8.03. The summed E-state index contributed by atoms with van der Waals surface area (Å²) in [4.78, 5) is 13.0. The van der Waals surface area contributed by atoms with E-state index in [-0.39, 0.29) is 36.1 Å². The van der Waals surface area contributed by atoms with E-state index in [9.17, 15) is 23.1 Å². The average molecular weight is 497 g/mol. The zero-order chi connectivity index (χ0) is 26.0. The molecule has 0 unspecified atom stereocenters. The lowest BCUT2D eigenvalue weighted by Gasteiger charge is -2.34. The van der Waals surface area contributed by atoms with Crippen molar-refractivity contribution in [2.45, 2.75) is 77.7 Å². The first kappa shape index (κ1) is 26.8. The number of aromatic nitrogens is 2. The van der Waals surface area contributed by atoms with Crippen LogP contribution in [-0.2, 0) is 12.7 Å². The monoisotopic (exact) mass is 496 g/mol. The van der Waals surface area contributed by atoms with Crippen LogP contribution < -0.4 is 15.4 Å². The number of hydrogen-bond acceptors (Lipinski definition) is 5. The summed E-state index contributed by atoms with van der Waals surface area (Å²) in [6.45, 7) is 7.64. The highest BCUT2D eigenvalue weighted by Crippen LogP contribution is 2.43. The number of rotatable bonds is 8. The first-order valence-corrected chi connectivity index (χ1v) is 12.0. The van der Waals surface area contributed by atoms with Gasteiger partial charge in [-0.15, -0.1) is 0 Å². The second kappa shape index (κ2) is 10.5. The normalized spacial score (nSPS) is 20.7. The Labute approximate surface area is 204 Å². The summed E-state index contributed by atoms with van der Waals surface area (Å²) in [6.07, 6.45) is -2.26. The lowest BCUT2D eigenvalue weighted by Crippen LogP contribution is -2.45. The summed E-state index contributed by atoms with van der Waals surface area (Å²) in [5.41, 5.74) is -2.31. The number of halogens is 3. The van der Waals surface area contributed by atoms with Crippen molar-refractivity contribution in [3.63, 3.8) is 0 Å². The van der Waals surface area contributed by atoms with E-state index in [1.807, 2.05) is 13.8 Å². The first-order valence-electron chi connectivity index (χ1n) is 12.0. The maximum Gasteiger partial charge on any atom is 0.420 e. The molecule has 35 heavy (non-hydrogen) atoms. The van der Waals surface area contributed by atoms with E-state index in [4.69, 9.17) is 4.74 Å². The molecule has 0 spiro atoms.